The van der Waals surface area contributed by atoms with E-state index in [1.54, 1.807) is 0 Å². The van der Waals surface area contributed by atoms with Crippen LogP contribution in [-0.2, 0) is 4.74 Å². The third kappa shape index (κ3) is 7.24. The Balaban J connectivity index is 1.49. The fraction of sp³-hybridized carbons (Fsp3) is 0.486. The molecule has 3 aromatic rings. The highest BCUT2D eigenvalue weighted by Crippen LogP contribution is 2.44. The second-order valence-electron chi connectivity index (χ2n) is 11.8. The molecule has 3 saturated heterocycles. The number of aromatic nitrogens is 1. The Hall–Kier alpha value is -3.36. The van der Waals surface area contributed by atoms with Crippen LogP contribution in [0.15, 0.2) is 61.3 Å². The normalized spacial score (nSPS) is 21.8. The highest BCUT2D eigenvalue weighted by molar-refractivity contribution is 7.80. The van der Waals surface area contributed by atoms with Crippen LogP contribution in [0.4, 0.5) is 5.69 Å². The first-order chi connectivity index (χ1) is 20.9. The smallest absolute Gasteiger partial charge is 0.262 e. The molecule has 1 unspecified atom stereocenters. The molecular weight excluding hydrogens is 558 g/mol. The lowest BCUT2D eigenvalue weighted by Crippen LogP contribution is -2.55. The van der Waals surface area contributed by atoms with E-state index in [-0.39, 0.29) is 17.3 Å². The molecule has 6 rings (SSSR count). The van der Waals surface area contributed by atoms with Crippen molar-refractivity contribution in [2.24, 2.45) is 17.8 Å². The first kappa shape index (κ1) is 31.1. The van der Waals surface area contributed by atoms with E-state index in [4.69, 9.17) is 31.2 Å². The van der Waals surface area contributed by atoms with Crippen molar-refractivity contribution in [1.82, 2.24) is 9.88 Å². The van der Waals surface area contributed by atoms with Crippen LogP contribution in [0.5, 0.6) is 17.2 Å². The summed E-state index contributed by atoms with van der Waals surface area (Å²) in [7, 11) is 0. The predicted octanol–water partition coefficient (Wildman–Crippen LogP) is 7.81. The molecule has 0 saturated carbocycles. The van der Waals surface area contributed by atoms with Crippen molar-refractivity contribution < 1.29 is 18.9 Å². The number of para-hydroxylation sites is 1. The lowest BCUT2D eigenvalue weighted by molar-refractivity contribution is -0.0386. The average Bonchev–Trinajstić information content (AvgIpc) is 3.01. The summed E-state index contributed by atoms with van der Waals surface area (Å²) in [5.41, 5.74) is 2.63. The largest absolute Gasteiger partial charge is 0.494 e. The molecule has 3 aliphatic rings. The molecule has 8 heteroatoms. The van der Waals surface area contributed by atoms with Crippen molar-refractivity contribution in [2.45, 2.75) is 59.1 Å². The minimum absolute atomic E-state index is 0.152. The zero-order valence-electron chi connectivity index (χ0n) is 25.9. The van der Waals surface area contributed by atoms with Gasteiger partial charge in [0.25, 0.3) is 5.17 Å². The van der Waals surface area contributed by atoms with Gasteiger partial charge in [-0.3, -0.25) is 9.88 Å². The third-order valence-corrected chi connectivity index (χ3v) is 8.77. The van der Waals surface area contributed by atoms with Crippen molar-refractivity contribution in [2.75, 3.05) is 38.2 Å². The molecule has 43 heavy (non-hydrogen) atoms. The number of anilines is 1. The number of ether oxygens (including phenoxy) is 4. The van der Waals surface area contributed by atoms with Crippen molar-refractivity contribution in [3.05, 3.63) is 66.9 Å². The van der Waals surface area contributed by atoms with Gasteiger partial charge in [0.15, 0.2) is 0 Å². The third-order valence-electron chi connectivity index (χ3n) is 8.57. The maximum absolute atomic E-state index is 6.80. The van der Waals surface area contributed by atoms with Gasteiger partial charge >= 0.3 is 0 Å². The number of thiocarbonyl (C=S) groups is 1. The van der Waals surface area contributed by atoms with E-state index >= 15 is 0 Å². The van der Waals surface area contributed by atoms with Crippen LogP contribution in [0.3, 0.4) is 0 Å². The molecule has 3 fully saturated rings. The van der Waals surface area contributed by atoms with E-state index in [1.165, 1.54) is 6.42 Å². The molecule has 1 aromatic heterocycles. The van der Waals surface area contributed by atoms with Crippen LogP contribution < -0.4 is 19.5 Å². The van der Waals surface area contributed by atoms with Crippen LogP contribution in [0.2, 0.25) is 0 Å². The van der Waals surface area contributed by atoms with Gasteiger partial charge in [-0.15, -0.1) is 6.58 Å². The molecule has 230 valence electrons. The maximum Gasteiger partial charge on any atom is 0.262 e. The Morgan fingerprint density at radius 3 is 2.53 bits per heavy atom. The van der Waals surface area contributed by atoms with Gasteiger partial charge in [0, 0.05) is 23.7 Å². The molecular formula is C35H45N3O4S. The number of piperidine rings is 3. The zero-order chi connectivity index (χ0) is 30.3. The molecule has 0 spiro atoms. The number of benzene rings is 2. The summed E-state index contributed by atoms with van der Waals surface area (Å²) >= 11 is 5.91. The number of fused-ring (bicyclic) bond motifs is 4. The lowest BCUT2D eigenvalue weighted by Gasteiger charge is -2.51. The Morgan fingerprint density at radius 1 is 1.12 bits per heavy atom. The first-order valence-corrected chi connectivity index (χ1v) is 16.1. The SMILES string of the molecule is C=C[C@H]1CN2CC[C@H]1C[C@@H]2[C@@H](OC(=S)Nc1c(OCC)cccc1OCC)c1ccnc2ccc(OCCC(C)C)cc12. The fourth-order valence-corrected chi connectivity index (χ4v) is 6.58. The fourth-order valence-electron chi connectivity index (χ4n) is 6.37. The second kappa shape index (κ2) is 14.4. The molecule has 4 heterocycles. The standard InChI is InChI=1S/C35H45N3O4S/c1-6-24-22-38-18-15-25(24)20-30(38)34(42-35(43)37-33-31(39-7-2)10-9-11-32(33)40-8-3)27-14-17-36-29-13-12-26(21-28(27)29)41-19-16-23(4)5/h6,9-14,17,21,23-25,30,34H,1,7-8,15-16,18-20,22H2,2-5H3,(H,37,43)/t24-,25-,30+,34-/m0/s1. The summed E-state index contributed by atoms with van der Waals surface area (Å²) in [6.07, 6.45) is 6.85. The van der Waals surface area contributed by atoms with Crippen LogP contribution in [0, 0.1) is 17.8 Å². The maximum atomic E-state index is 6.80. The summed E-state index contributed by atoms with van der Waals surface area (Å²) in [5, 5.41) is 4.63. The van der Waals surface area contributed by atoms with Crippen molar-refractivity contribution in [3.63, 3.8) is 0 Å². The van der Waals surface area contributed by atoms with Gasteiger partial charge < -0.3 is 24.3 Å². The van der Waals surface area contributed by atoms with Crippen LogP contribution >= 0.6 is 12.2 Å². The number of hydrogen-bond acceptors (Lipinski definition) is 7. The molecule has 0 radical (unpaired) electrons. The molecule has 3 aliphatic heterocycles. The van der Waals surface area contributed by atoms with Gasteiger partial charge in [-0.1, -0.05) is 26.0 Å². The summed E-state index contributed by atoms with van der Waals surface area (Å²) in [5.74, 6) is 3.83. The monoisotopic (exact) mass is 603 g/mol. The highest BCUT2D eigenvalue weighted by Gasteiger charge is 2.44. The Labute approximate surface area is 261 Å². The number of nitrogens with one attached hydrogen (secondary N) is 1. The van der Waals surface area contributed by atoms with Crippen molar-refractivity contribution >= 4 is 34.0 Å². The van der Waals surface area contributed by atoms with E-state index in [9.17, 15) is 0 Å². The van der Waals surface area contributed by atoms with Gasteiger partial charge in [0.2, 0.25) is 0 Å². The van der Waals surface area contributed by atoms with Gasteiger partial charge in [0.1, 0.15) is 29.0 Å². The quantitative estimate of drug-likeness (QED) is 0.157. The van der Waals surface area contributed by atoms with Crippen molar-refractivity contribution in [1.29, 1.82) is 0 Å². The molecule has 2 bridgehead atoms. The Kier molecular flexibility index (Phi) is 10.4. The first-order valence-electron chi connectivity index (χ1n) is 15.7. The van der Waals surface area contributed by atoms with E-state index in [2.05, 4.69) is 53.8 Å². The molecule has 2 aromatic carbocycles. The summed E-state index contributed by atoms with van der Waals surface area (Å²) in [4.78, 5) is 7.23. The number of pyridine rings is 1. The Bertz CT molecular complexity index is 1390. The van der Waals surface area contributed by atoms with Gasteiger partial charge in [-0.25, -0.2) is 0 Å². The molecule has 1 N–H and O–H groups in total. The predicted molar refractivity (Wildman–Crippen MR) is 177 cm³/mol. The van der Waals surface area contributed by atoms with E-state index in [0.717, 1.165) is 48.1 Å². The zero-order valence-corrected chi connectivity index (χ0v) is 26.7. The van der Waals surface area contributed by atoms with Crippen LogP contribution in [0.1, 0.15) is 58.6 Å². The van der Waals surface area contributed by atoms with Gasteiger partial charge in [-0.05, 0) is 106 Å². The van der Waals surface area contributed by atoms with Gasteiger partial charge in [0.05, 0.1) is 31.4 Å². The van der Waals surface area contributed by atoms with Gasteiger partial charge in [-0.2, -0.15) is 0 Å². The lowest BCUT2D eigenvalue weighted by atomic mass is 9.73. The molecule has 0 amide bonds. The van der Waals surface area contributed by atoms with E-state index in [1.807, 2.05) is 50.4 Å². The van der Waals surface area contributed by atoms with E-state index < -0.39 is 0 Å². The summed E-state index contributed by atoms with van der Waals surface area (Å²) in [6, 6.07) is 14.1. The Morgan fingerprint density at radius 2 is 1.88 bits per heavy atom. The van der Waals surface area contributed by atoms with E-state index in [0.29, 0.717) is 54.8 Å². The summed E-state index contributed by atoms with van der Waals surface area (Å²) < 4.78 is 24.8. The number of nitrogens with zero attached hydrogens (tertiary/aromatic N) is 2. The summed E-state index contributed by atoms with van der Waals surface area (Å²) in [6.45, 7) is 16.2. The number of rotatable bonds is 13. The second-order valence-corrected chi connectivity index (χ2v) is 12.2. The number of hydrogen-bond donors (Lipinski definition) is 1. The van der Waals surface area contributed by atoms with Crippen molar-refractivity contribution in [3.8, 4) is 17.2 Å². The average molecular weight is 604 g/mol. The van der Waals surface area contributed by atoms with Crippen LogP contribution in [-0.4, -0.2) is 54.0 Å². The highest BCUT2D eigenvalue weighted by atomic mass is 32.1. The minimum atomic E-state index is -0.320. The minimum Gasteiger partial charge on any atom is -0.494 e. The molecule has 7 nitrogen and oxygen atoms in total. The topological polar surface area (TPSA) is 65.1 Å². The molecule has 0 aliphatic carbocycles. The van der Waals surface area contributed by atoms with Crippen LogP contribution in [0.25, 0.3) is 10.9 Å². The molecule has 5 atom stereocenters.